The van der Waals surface area contributed by atoms with Crippen molar-refractivity contribution in [3.8, 4) is 5.75 Å². The Morgan fingerprint density at radius 1 is 1.17 bits per heavy atom. The van der Waals surface area contributed by atoms with E-state index in [0.29, 0.717) is 18.3 Å². The van der Waals surface area contributed by atoms with Crippen LogP contribution in [0, 0.1) is 17.3 Å². The molecule has 4 saturated carbocycles. The maximum Gasteiger partial charge on any atom is 0.387 e. The van der Waals surface area contributed by atoms with E-state index in [0.717, 1.165) is 19.3 Å². The van der Waals surface area contributed by atoms with Gasteiger partial charge in [0, 0.05) is 4.32 Å². The van der Waals surface area contributed by atoms with Gasteiger partial charge in [0.05, 0.1) is 12.1 Å². The van der Waals surface area contributed by atoms with Crippen LogP contribution in [0.2, 0.25) is 0 Å². The smallest absolute Gasteiger partial charge is 0.387 e. The number of hydrogen-bond acceptors (Lipinski definition) is 4. The van der Waals surface area contributed by atoms with Crippen LogP contribution in [0.15, 0.2) is 24.3 Å². The van der Waals surface area contributed by atoms with E-state index in [-0.39, 0.29) is 27.1 Å². The number of para-hydroxylation sites is 2. The van der Waals surface area contributed by atoms with Crippen LogP contribution in [0.25, 0.3) is 0 Å². The molecule has 158 valence electrons. The number of benzene rings is 1. The minimum atomic E-state index is -3.00. The molecule has 5 nitrogen and oxygen atoms in total. The standard InChI is InChI=1S/C21H24BrF2NO4/c22-21-8-13-5-14(9-21)7-20(6-13,12-21)10-18(27)28-11-17(26)25-15-3-1-2-4-16(15)29-19(23)24/h1-4,13-14,19H,5-12H2,(H,25,26). The lowest BCUT2D eigenvalue weighted by Crippen LogP contribution is -2.53. The van der Waals surface area contributed by atoms with Crippen molar-refractivity contribution in [2.45, 2.75) is 55.9 Å². The predicted molar refractivity (Wildman–Crippen MR) is 106 cm³/mol. The van der Waals surface area contributed by atoms with E-state index < -0.39 is 19.1 Å². The normalized spacial score (nSPS) is 32.3. The van der Waals surface area contributed by atoms with Crippen LogP contribution in [0.4, 0.5) is 14.5 Å². The summed E-state index contributed by atoms with van der Waals surface area (Å²) in [6.45, 7) is -3.45. The lowest BCUT2D eigenvalue weighted by Gasteiger charge is -2.60. The van der Waals surface area contributed by atoms with Gasteiger partial charge >= 0.3 is 12.6 Å². The van der Waals surface area contributed by atoms with E-state index in [9.17, 15) is 18.4 Å². The molecule has 1 amide bonds. The van der Waals surface area contributed by atoms with Crippen molar-refractivity contribution < 1.29 is 27.8 Å². The topological polar surface area (TPSA) is 64.6 Å². The SMILES string of the molecule is O=C(COC(=O)CC12CC3CC(CC(Br)(C3)C1)C2)Nc1ccccc1OC(F)F. The van der Waals surface area contributed by atoms with Gasteiger partial charge in [-0.15, -0.1) is 0 Å². The first kappa shape index (κ1) is 20.6. The van der Waals surface area contributed by atoms with Crippen LogP contribution < -0.4 is 10.1 Å². The molecule has 2 atom stereocenters. The van der Waals surface area contributed by atoms with Gasteiger partial charge in [0.15, 0.2) is 6.61 Å². The van der Waals surface area contributed by atoms with Gasteiger partial charge in [-0.1, -0.05) is 28.1 Å². The molecule has 4 bridgehead atoms. The van der Waals surface area contributed by atoms with E-state index in [2.05, 4.69) is 26.0 Å². The third-order valence-corrected chi connectivity index (χ3v) is 7.30. The highest BCUT2D eigenvalue weighted by Crippen LogP contribution is 2.65. The minimum Gasteiger partial charge on any atom is -0.456 e. The number of carbonyl (C=O) groups is 2. The Hall–Kier alpha value is -1.70. The number of carbonyl (C=O) groups excluding carboxylic acids is 2. The van der Waals surface area contributed by atoms with Crippen molar-refractivity contribution in [1.29, 1.82) is 0 Å². The van der Waals surface area contributed by atoms with Crippen molar-refractivity contribution in [3.63, 3.8) is 0 Å². The summed E-state index contributed by atoms with van der Waals surface area (Å²) < 4.78 is 34.7. The highest BCUT2D eigenvalue weighted by Gasteiger charge is 2.57. The minimum absolute atomic E-state index is 0.0289. The van der Waals surface area contributed by atoms with Crippen molar-refractivity contribution in [2.75, 3.05) is 11.9 Å². The highest BCUT2D eigenvalue weighted by atomic mass is 79.9. The lowest BCUT2D eigenvalue weighted by atomic mass is 9.49. The second-order valence-corrected chi connectivity index (χ2v) is 10.6. The molecule has 0 heterocycles. The Bertz CT molecular complexity index is 789. The third kappa shape index (κ3) is 4.73. The summed E-state index contributed by atoms with van der Waals surface area (Å²) in [7, 11) is 0. The van der Waals surface area contributed by atoms with E-state index >= 15 is 0 Å². The first-order valence-corrected chi connectivity index (χ1v) is 10.7. The number of rotatable bonds is 7. The number of anilines is 1. The number of esters is 1. The summed E-state index contributed by atoms with van der Waals surface area (Å²) in [4.78, 5) is 24.6. The lowest BCUT2D eigenvalue weighted by molar-refractivity contribution is -0.153. The average molecular weight is 472 g/mol. The monoisotopic (exact) mass is 471 g/mol. The molecule has 4 fully saturated rings. The van der Waals surface area contributed by atoms with E-state index in [4.69, 9.17) is 4.74 Å². The van der Waals surface area contributed by atoms with Crippen LogP contribution in [0.1, 0.15) is 44.9 Å². The number of ether oxygens (including phenoxy) is 2. The van der Waals surface area contributed by atoms with Gasteiger partial charge in [-0.25, -0.2) is 0 Å². The average Bonchev–Trinajstić information content (AvgIpc) is 2.58. The van der Waals surface area contributed by atoms with Crippen LogP contribution >= 0.6 is 15.9 Å². The van der Waals surface area contributed by atoms with E-state index in [1.807, 2.05) is 0 Å². The van der Waals surface area contributed by atoms with E-state index in [1.54, 1.807) is 6.07 Å². The number of halogens is 3. The Kier molecular flexibility index (Phi) is 5.57. The van der Waals surface area contributed by atoms with Gasteiger partial charge in [-0.2, -0.15) is 8.78 Å². The highest BCUT2D eigenvalue weighted by molar-refractivity contribution is 9.10. The molecule has 0 radical (unpaired) electrons. The van der Waals surface area contributed by atoms with Gasteiger partial charge in [-0.3, -0.25) is 9.59 Å². The molecular formula is C21H24BrF2NO4. The molecule has 0 aliphatic heterocycles. The molecule has 1 N–H and O–H groups in total. The zero-order valence-corrected chi connectivity index (χ0v) is 17.6. The predicted octanol–water partition coefficient (Wildman–Crippen LogP) is 4.89. The van der Waals surface area contributed by atoms with Crippen LogP contribution in [0.3, 0.4) is 0 Å². The van der Waals surface area contributed by atoms with Crippen molar-refractivity contribution in [2.24, 2.45) is 17.3 Å². The fourth-order valence-corrected chi connectivity index (χ4v) is 7.51. The van der Waals surface area contributed by atoms with Crippen LogP contribution in [0.5, 0.6) is 5.75 Å². The molecule has 0 aromatic heterocycles. The Labute approximate surface area is 176 Å². The first-order chi connectivity index (χ1) is 13.7. The summed E-state index contributed by atoms with van der Waals surface area (Å²) in [6.07, 6.45) is 7.03. The molecule has 1 aromatic rings. The molecule has 4 aliphatic carbocycles. The third-order valence-electron chi connectivity index (χ3n) is 6.37. The zero-order chi connectivity index (χ0) is 20.6. The quantitative estimate of drug-likeness (QED) is 0.453. The molecule has 1 aromatic carbocycles. The molecule has 0 saturated heterocycles. The van der Waals surface area contributed by atoms with Gasteiger partial charge < -0.3 is 14.8 Å². The molecule has 29 heavy (non-hydrogen) atoms. The van der Waals surface area contributed by atoms with Crippen LogP contribution in [-0.2, 0) is 14.3 Å². The summed E-state index contributed by atoms with van der Waals surface area (Å²) in [5.41, 5.74) is 0.0786. The second-order valence-electron chi connectivity index (χ2n) is 8.87. The fourth-order valence-electron chi connectivity index (χ4n) is 6.00. The Morgan fingerprint density at radius 2 is 1.86 bits per heavy atom. The number of nitrogens with one attached hydrogen (secondary N) is 1. The molecule has 0 spiro atoms. The van der Waals surface area contributed by atoms with Gasteiger partial charge in [-0.05, 0) is 67.9 Å². The maximum absolute atomic E-state index is 12.5. The Balaban J connectivity index is 1.30. The van der Waals surface area contributed by atoms with Crippen LogP contribution in [-0.4, -0.2) is 29.4 Å². The maximum atomic E-state index is 12.5. The number of hydrogen-bond donors (Lipinski definition) is 1. The van der Waals surface area contributed by atoms with Gasteiger partial charge in [0.1, 0.15) is 5.75 Å². The largest absolute Gasteiger partial charge is 0.456 e. The summed E-state index contributed by atoms with van der Waals surface area (Å²) in [5.74, 6) is 0.218. The fraction of sp³-hybridized carbons (Fsp3) is 0.619. The molecule has 8 heteroatoms. The van der Waals surface area contributed by atoms with Gasteiger partial charge in [0.2, 0.25) is 0 Å². The molecule has 5 rings (SSSR count). The Morgan fingerprint density at radius 3 is 2.52 bits per heavy atom. The van der Waals surface area contributed by atoms with Crippen molar-refractivity contribution in [3.05, 3.63) is 24.3 Å². The molecule has 4 aliphatic rings. The first-order valence-electron chi connectivity index (χ1n) is 9.93. The number of alkyl halides is 3. The summed E-state index contributed by atoms with van der Waals surface area (Å²) in [6, 6.07) is 5.89. The molecular weight excluding hydrogens is 448 g/mol. The second kappa shape index (κ2) is 7.85. The zero-order valence-electron chi connectivity index (χ0n) is 16.0. The van der Waals surface area contributed by atoms with Crippen molar-refractivity contribution in [1.82, 2.24) is 0 Å². The molecule has 2 unspecified atom stereocenters. The summed E-state index contributed by atoms with van der Waals surface area (Å²) >= 11 is 3.92. The van der Waals surface area contributed by atoms with Gasteiger partial charge in [0.25, 0.3) is 5.91 Å². The van der Waals surface area contributed by atoms with Crippen molar-refractivity contribution >= 4 is 33.5 Å². The summed E-state index contributed by atoms with van der Waals surface area (Å²) in [5, 5.41) is 2.45. The van der Waals surface area contributed by atoms with E-state index in [1.165, 1.54) is 37.5 Å². The number of amides is 1.